The molecular formula is C19H24N2O4S. The van der Waals surface area contributed by atoms with Crippen molar-refractivity contribution in [2.45, 2.75) is 18.7 Å². The molecular weight excluding hydrogens is 352 g/mol. The van der Waals surface area contributed by atoms with E-state index in [9.17, 15) is 13.2 Å². The molecule has 0 unspecified atom stereocenters. The Balaban J connectivity index is 2.36. The number of benzene rings is 2. The number of ether oxygens (including phenoxy) is 1. The molecule has 0 heterocycles. The van der Waals surface area contributed by atoms with E-state index in [0.29, 0.717) is 18.8 Å². The van der Waals surface area contributed by atoms with Crippen LogP contribution in [0.1, 0.15) is 11.1 Å². The summed E-state index contributed by atoms with van der Waals surface area (Å²) < 4.78 is 32.3. The number of carbonyl (C=O) groups excluding carboxylic acids is 1. The fourth-order valence-electron chi connectivity index (χ4n) is 2.41. The number of anilines is 1. The van der Waals surface area contributed by atoms with Crippen molar-refractivity contribution >= 4 is 21.6 Å². The standard InChI is InChI=1S/C19H24N2O4S/c1-15-7-9-18(10-8-15)26(23,24)21(14-19(22)20-11-12-25-3)17-6-4-5-16(2)13-17/h4-10,13H,11-12,14H2,1-3H3,(H,20,22). The molecule has 2 aromatic carbocycles. The molecule has 1 amide bonds. The fourth-order valence-corrected chi connectivity index (χ4v) is 3.83. The second-order valence-electron chi connectivity index (χ2n) is 6.01. The van der Waals surface area contributed by atoms with E-state index in [0.717, 1.165) is 15.4 Å². The highest BCUT2D eigenvalue weighted by atomic mass is 32.2. The molecule has 6 nitrogen and oxygen atoms in total. The third-order valence-corrected chi connectivity index (χ3v) is 5.60. The maximum atomic E-state index is 13.1. The predicted molar refractivity (Wildman–Crippen MR) is 102 cm³/mol. The first-order valence-corrected chi connectivity index (χ1v) is 9.70. The van der Waals surface area contributed by atoms with Gasteiger partial charge in [-0.15, -0.1) is 0 Å². The van der Waals surface area contributed by atoms with Crippen molar-refractivity contribution in [2.24, 2.45) is 0 Å². The Kier molecular flexibility index (Phi) is 6.76. The van der Waals surface area contributed by atoms with Crippen molar-refractivity contribution in [3.8, 4) is 0 Å². The van der Waals surface area contributed by atoms with Gasteiger partial charge in [0, 0.05) is 13.7 Å². The van der Waals surface area contributed by atoms with Gasteiger partial charge in [-0.1, -0.05) is 29.8 Å². The van der Waals surface area contributed by atoms with E-state index in [-0.39, 0.29) is 17.3 Å². The van der Waals surface area contributed by atoms with Crippen LogP contribution in [0.2, 0.25) is 0 Å². The van der Waals surface area contributed by atoms with Crippen molar-refractivity contribution in [1.82, 2.24) is 5.32 Å². The van der Waals surface area contributed by atoms with Gasteiger partial charge in [0.2, 0.25) is 5.91 Å². The van der Waals surface area contributed by atoms with Gasteiger partial charge in [0.15, 0.2) is 0 Å². The number of carbonyl (C=O) groups is 1. The van der Waals surface area contributed by atoms with Gasteiger partial charge in [-0.05, 0) is 43.7 Å². The topological polar surface area (TPSA) is 75.7 Å². The highest BCUT2D eigenvalue weighted by Crippen LogP contribution is 2.24. The van der Waals surface area contributed by atoms with E-state index < -0.39 is 10.0 Å². The predicted octanol–water partition coefficient (Wildman–Crippen LogP) is 2.26. The highest BCUT2D eigenvalue weighted by Gasteiger charge is 2.27. The Morgan fingerprint density at radius 1 is 1.08 bits per heavy atom. The summed E-state index contributed by atoms with van der Waals surface area (Å²) in [5.74, 6) is -0.390. The molecule has 0 aliphatic rings. The van der Waals surface area contributed by atoms with E-state index in [1.807, 2.05) is 19.9 Å². The lowest BCUT2D eigenvalue weighted by atomic mass is 10.2. The molecule has 2 rings (SSSR count). The summed E-state index contributed by atoms with van der Waals surface area (Å²) in [5.41, 5.74) is 2.32. The van der Waals surface area contributed by atoms with Gasteiger partial charge >= 0.3 is 0 Å². The molecule has 0 saturated heterocycles. The zero-order valence-corrected chi connectivity index (χ0v) is 16.0. The Labute approximate surface area is 154 Å². The maximum Gasteiger partial charge on any atom is 0.264 e. The summed E-state index contributed by atoms with van der Waals surface area (Å²) in [6, 6.07) is 13.6. The molecule has 7 heteroatoms. The second-order valence-corrected chi connectivity index (χ2v) is 7.87. The molecule has 26 heavy (non-hydrogen) atoms. The van der Waals surface area contributed by atoms with Crippen LogP contribution in [0.15, 0.2) is 53.4 Å². The Morgan fingerprint density at radius 2 is 1.77 bits per heavy atom. The van der Waals surface area contributed by atoms with Crippen molar-refractivity contribution in [3.63, 3.8) is 0 Å². The normalized spacial score (nSPS) is 11.2. The second kappa shape index (κ2) is 8.82. The number of hydrogen-bond donors (Lipinski definition) is 1. The SMILES string of the molecule is COCCNC(=O)CN(c1cccc(C)c1)S(=O)(=O)c1ccc(C)cc1. The van der Waals surface area contributed by atoms with Gasteiger partial charge in [-0.2, -0.15) is 0 Å². The van der Waals surface area contributed by atoms with Crippen LogP contribution >= 0.6 is 0 Å². The van der Waals surface area contributed by atoms with Crippen molar-refractivity contribution in [3.05, 3.63) is 59.7 Å². The number of nitrogens with one attached hydrogen (secondary N) is 1. The Bertz CT molecular complexity index is 848. The molecule has 0 fully saturated rings. The number of sulfonamides is 1. The summed E-state index contributed by atoms with van der Waals surface area (Å²) in [4.78, 5) is 12.4. The monoisotopic (exact) mass is 376 g/mol. The molecule has 0 aromatic heterocycles. The molecule has 2 aromatic rings. The lowest BCUT2D eigenvalue weighted by Crippen LogP contribution is -2.41. The largest absolute Gasteiger partial charge is 0.383 e. The summed E-state index contributed by atoms with van der Waals surface area (Å²) >= 11 is 0. The van der Waals surface area contributed by atoms with Gasteiger partial charge in [0.05, 0.1) is 17.2 Å². The van der Waals surface area contributed by atoms with Gasteiger partial charge in [-0.25, -0.2) is 8.42 Å². The number of rotatable bonds is 8. The number of methoxy groups -OCH3 is 1. The average molecular weight is 376 g/mol. The third kappa shape index (κ3) is 5.06. The van der Waals surface area contributed by atoms with Crippen molar-refractivity contribution in [2.75, 3.05) is 31.1 Å². The number of nitrogens with zero attached hydrogens (tertiary/aromatic N) is 1. The summed E-state index contributed by atoms with van der Waals surface area (Å²) in [6.45, 7) is 4.14. The zero-order chi connectivity index (χ0) is 19.2. The number of aryl methyl sites for hydroxylation is 2. The summed E-state index contributed by atoms with van der Waals surface area (Å²) in [7, 11) is -2.34. The van der Waals surface area contributed by atoms with Crippen LogP contribution in [0.25, 0.3) is 0 Å². The lowest BCUT2D eigenvalue weighted by molar-refractivity contribution is -0.119. The maximum absolute atomic E-state index is 13.1. The van der Waals surface area contributed by atoms with Gasteiger partial charge in [-0.3, -0.25) is 9.10 Å². The van der Waals surface area contributed by atoms with Crippen molar-refractivity contribution < 1.29 is 17.9 Å². The Hall–Kier alpha value is -2.38. The first kappa shape index (κ1) is 19.9. The minimum absolute atomic E-state index is 0.147. The quantitative estimate of drug-likeness (QED) is 0.717. The molecule has 0 saturated carbocycles. The minimum Gasteiger partial charge on any atom is -0.383 e. The van der Waals surface area contributed by atoms with Crippen LogP contribution < -0.4 is 9.62 Å². The van der Waals surface area contributed by atoms with Crippen LogP contribution in [-0.4, -0.2) is 41.1 Å². The van der Waals surface area contributed by atoms with Gasteiger partial charge in [0.25, 0.3) is 10.0 Å². The molecule has 140 valence electrons. The highest BCUT2D eigenvalue weighted by molar-refractivity contribution is 7.92. The third-order valence-electron chi connectivity index (χ3n) is 3.81. The summed E-state index contributed by atoms with van der Waals surface area (Å²) in [6.07, 6.45) is 0. The van der Waals surface area contributed by atoms with Crippen LogP contribution in [0.5, 0.6) is 0 Å². The molecule has 0 aliphatic carbocycles. The molecule has 0 aliphatic heterocycles. The van der Waals surface area contributed by atoms with Crippen LogP contribution in [0, 0.1) is 13.8 Å². The van der Waals surface area contributed by atoms with E-state index >= 15 is 0 Å². The van der Waals surface area contributed by atoms with Crippen molar-refractivity contribution in [1.29, 1.82) is 0 Å². The van der Waals surface area contributed by atoms with E-state index in [4.69, 9.17) is 4.74 Å². The number of hydrogen-bond acceptors (Lipinski definition) is 4. The molecule has 0 radical (unpaired) electrons. The fraction of sp³-hybridized carbons (Fsp3) is 0.316. The zero-order valence-electron chi connectivity index (χ0n) is 15.2. The first-order valence-electron chi connectivity index (χ1n) is 8.26. The van der Waals surface area contributed by atoms with E-state index in [2.05, 4.69) is 5.32 Å². The van der Waals surface area contributed by atoms with Gasteiger partial charge in [0.1, 0.15) is 6.54 Å². The first-order chi connectivity index (χ1) is 12.3. The smallest absolute Gasteiger partial charge is 0.264 e. The van der Waals surface area contributed by atoms with E-state index in [1.54, 1.807) is 42.5 Å². The Morgan fingerprint density at radius 3 is 2.38 bits per heavy atom. The van der Waals surface area contributed by atoms with Crippen LogP contribution in [-0.2, 0) is 19.6 Å². The number of amides is 1. The van der Waals surface area contributed by atoms with Crippen LogP contribution in [0.4, 0.5) is 5.69 Å². The van der Waals surface area contributed by atoms with Gasteiger partial charge < -0.3 is 10.1 Å². The van der Waals surface area contributed by atoms with Crippen LogP contribution in [0.3, 0.4) is 0 Å². The molecule has 0 atom stereocenters. The van der Waals surface area contributed by atoms with E-state index in [1.165, 1.54) is 7.11 Å². The average Bonchev–Trinajstić information content (AvgIpc) is 2.60. The molecule has 1 N–H and O–H groups in total. The minimum atomic E-state index is -3.87. The molecule has 0 spiro atoms. The lowest BCUT2D eigenvalue weighted by Gasteiger charge is -2.24. The summed E-state index contributed by atoms with van der Waals surface area (Å²) in [5, 5.41) is 2.66. The molecule has 0 bridgehead atoms.